The molecule has 122 valence electrons. The molecule has 1 aliphatic rings. The summed E-state index contributed by atoms with van der Waals surface area (Å²) in [6.45, 7) is 2.13. The van der Waals surface area contributed by atoms with Crippen molar-refractivity contribution in [3.8, 4) is 22.7 Å². The zero-order chi connectivity index (χ0) is 16.5. The van der Waals surface area contributed by atoms with Crippen LogP contribution in [0, 0.1) is 6.92 Å². The van der Waals surface area contributed by atoms with Crippen molar-refractivity contribution < 1.29 is 4.74 Å². The van der Waals surface area contributed by atoms with Gasteiger partial charge in [-0.2, -0.15) is 5.10 Å². The number of fused-ring (bicyclic) bond motifs is 1. The molecule has 0 unspecified atom stereocenters. The molecule has 1 heterocycles. The van der Waals surface area contributed by atoms with Crippen LogP contribution in [-0.2, 0) is 12.8 Å². The first-order valence-corrected chi connectivity index (χ1v) is 8.58. The lowest BCUT2D eigenvalue weighted by atomic mass is 9.93. The Morgan fingerprint density at radius 3 is 2.33 bits per heavy atom. The third-order valence-electron chi connectivity index (χ3n) is 4.80. The summed E-state index contributed by atoms with van der Waals surface area (Å²) in [6.07, 6.45) is 4.69. The molecular weight excluding hydrogens is 296 g/mol. The molecule has 1 aliphatic carbocycles. The van der Waals surface area contributed by atoms with Crippen LogP contribution in [0.25, 0.3) is 16.9 Å². The van der Waals surface area contributed by atoms with Crippen molar-refractivity contribution in [3.05, 3.63) is 65.4 Å². The highest BCUT2D eigenvalue weighted by atomic mass is 16.5. The Balaban J connectivity index is 1.89. The van der Waals surface area contributed by atoms with E-state index in [1.54, 1.807) is 7.11 Å². The summed E-state index contributed by atoms with van der Waals surface area (Å²) in [5, 5.41) is 4.95. The van der Waals surface area contributed by atoms with Gasteiger partial charge in [0.25, 0.3) is 0 Å². The second-order valence-corrected chi connectivity index (χ2v) is 6.46. The SMILES string of the molecule is COc1ccc(-n2nc3c(c2-c2ccc(C)cc2)CCCC3)cc1. The van der Waals surface area contributed by atoms with Gasteiger partial charge in [0.15, 0.2) is 0 Å². The van der Waals surface area contributed by atoms with Gasteiger partial charge >= 0.3 is 0 Å². The molecule has 3 aromatic rings. The number of ether oxygens (including phenoxy) is 1. The van der Waals surface area contributed by atoms with E-state index in [1.807, 2.05) is 12.1 Å². The van der Waals surface area contributed by atoms with Crippen LogP contribution in [0.3, 0.4) is 0 Å². The molecule has 0 N–H and O–H groups in total. The van der Waals surface area contributed by atoms with Gasteiger partial charge in [0.2, 0.25) is 0 Å². The van der Waals surface area contributed by atoms with E-state index in [0.717, 1.165) is 24.3 Å². The van der Waals surface area contributed by atoms with Crippen molar-refractivity contribution in [2.45, 2.75) is 32.6 Å². The smallest absolute Gasteiger partial charge is 0.119 e. The van der Waals surface area contributed by atoms with Gasteiger partial charge in [-0.05, 0) is 56.9 Å². The monoisotopic (exact) mass is 318 g/mol. The minimum atomic E-state index is 0.868. The first-order chi connectivity index (χ1) is 11.8. The number of aromatic nitrogens is 2. The van der Waals surface area contributed by atoms with Crippen molar-refractivity contribution in [1.82, 2.24) is 9.78 Å². The number of nitrogens with zero attached hydrogens (tertiary/aromatic N) is 2. The van der Waals surface area contributed by atoms with Gasteiger partial charge in [0.1, 0.15) is 5.75 Å². The summed E-state index contributed by atoms with van der Waals surface area (Å²) in [6, 6.07) is 16.9. The van der Waals surface area contributed by atoms with Crippen molar-refractivity contribution in [3.63, 3.8) is 0 Å². The van der Waals surface area contributed by atoms with Crippen molar-refractivity contribution in [1.29, 1.82) is 0 Å². The van der Waals surface area contributed by atoms with Gasteiger partial charge in [-0.3, -0.25) is 0 Å². The highest BCUT2D eigenvalue weighted by Crippen LogP contribution is 2.34. The Morgan fingerprint density at radius 2 is 1.62 bits per heavy atom. The topological polar surface area (TPSA) is 27.1 Å². The molecule has 0 spiro atoms. The average molecular weight is 318 g/mol. The molecule has 0 atom stereocenters. The van der Waals surface area contributed by atoms with Gasteiger partial charge in [-0.1, -0.05) is 29.8 Å². The standard InChI is InChI=1S/C21H22N2O/c1-15-7-9-16(10-8-15)21-19-5-3-4-6-20(19)22-23(21)17-11-13-18(24-2)14-12-17/h7-14H,3-6H2,1-2H3. The van der Waals surface area contributed by atoms with Gasteiger partial charge in [0, 0.05) is 11.1 Å². The molecule has 0 saturated carbocycles. The minimum absolute atomic E-state index is 0.868. The second kappa shape index (κ2) is 6.16. The fourth-order valence-electron chi connectivity index (χ4n) is 3.47. The van der Waals surface area contributed by atoms with Crippen LogP contribution in [0.5, 0.6) is 5.75 Å². The number of rotatable bonds is 3. The Morgan fingerprint density at radius 1 is 0.917 bits per heavy atom. The van der Waals surface area contributed by atoms with Gasteiger partial charge in [0.05, 0.1) is 24.2 Å². The molecule has 3 nitrogen and oxygen atoms in total. The molecule has 0 saturated heterocycles. The Labute approximate surface area is 142 Å². The van der Waals surface area contributed by atoms with Gasteiger partial charge in [-0.25, -0.2) is 4.68 Å². The van der Waals surface area contributed by atoms with Crippen LogP contribution in [0.4, 0.5) is 0 Å². The van der Waals surface area contributed by atoms with Crippen LogP contribution in [0.1, 0.15) is 29.7 Å². The molecule has 4 rings (SSSR count). The highest BCUT2D eigenvalue weighted by Gasteiger charge is 2.22. The average Bonchev–Trinajstić information content (AvgIpc) is 3.02. The second-order valence-electron chi connectivity index (χ2n) is 6.46. The van der Waals surface area contributed by atoms with E-state index in [4.69, 9.17) is 9.84 Å². The summed E-state index contributed by atoms with van der Waals surface area (Å²) in [7, 11) is 1.69. The summed E-state index contributed by atoms with van der Waals surface area (Å²) >= 11 is 0. The van der Waals surface area contributed by atoms with Gasteiger partial charge < -0.3 is 4.74 Å². The molecule has 2 aromatic carbocycles. The van der Waals surface area contributed by atoms with E-state index in [-0.39, 0.29) is 0 Å². The van der Waals surface area contributed by atoms with E-state index in [0.29, 0.717) is 0 Å². The fraction of sp³-hybridized carbons (Fsp3) is 0.286. The van der Waals surface area contributed by atoms with Gasteiger partial charge in [-0.15, -0.1) is 0 Å². The maximum Gasteiger partial charge on any atom is 0.119 e. The molecule has 0 bridgehead atoms. The number of hydrogen-bond acceptors (Lipinski definition) is 2. The lowest BCUT2D eigenvalue weighted by Crippen LogP contribution is -2.01. The van der Waals surface area contributed by atoms with Crippen molar-refractivity contribution >= 4 is 0 Å². The van der Waals surface area contributed by atoms with E-state index in [1.165, 1.54) is 40.9 Å². The van der Waals surface area contributed by atoms with E-state index < -0.39 is 0 Å². The Hall–Kier alpha value is -2.55. The zero-order valence-electron chi connectivity index (χ0n) is 14.2. The third-order valence-corrected chi connectivity index (χ3v) is 4.80. The number of benzene rings is 2. The van der Waals surface area contributed by atoms with Crippen molar-refractivity contribution in [2.24, 2.45) is 0 Å². The minimum Gasteiger partial charge on any atom is -0.497 e. The molecule has 0 aliphatic heterocycles. The molecule has 1 aromatic heterocycles. The molecule has 0 fully saturated rings. The molecular formula is C21H22N2O. The van der Waals surface area contributed by atoms with E-state index >= 15 is 0 Å². The summed E-state index contributed by atoms with van der Waals surface area (Å²) in [5.41, 5.74) is 7.53. The largest absolute Gasteiger partial charge is 0.497 e. The van der Waals surface area contributed by atoms with Crippen LogP contribution >= 0.6 is 0 Å². The third kappa shape index (κ3) is 2.60. The lowest BCUT2D eigenvalue weighted by Gasteiger charge is -2.13. The van der Waals surface area contributed by atoms with E-state index in [2.05, 4.69) is 48.0 Å². The maximum absolute atomic E-state index is 5.28. The first-order valence-electron chi connectivity index (χ1n) is 8.58. The Bertz CT molecular complexity index is 845. The van der Waals surface area contributed by atoms with Crippen molar-refractivity contribution in [2.75, 3.05) is 7.11 Å². The number of aryl methyl sites for hydroxylation is 2. The Kier molecular flexibility index (Phi) is 3.85. The van der Waals surface area contributed by atoms with E-state index in [9.17, 15) is 0 Å². The molecule has 24 heavy (non-hydrogen) atoms. The van der Waals surface area contributed by atoms with Crippen LogP contribution in [-0.4, -0.2) is 16.9 Å². The summed E-state index contributed by atoms with van der Waals surface area (Å²) in [4.78, 5) is 0. The summed E-state index contributed by atoms with van der Waals surface area (Å²) < 4.78 is 7.40. The zero-order valence-corrected chi connectivity index (χ0v) is 14.2. The predicted octanol–water partition coefficient (Wildman–Crippen LogP) is 4.74. The highest BCUT2D eigenvalue weighted by molar-refractivity contribution is 5.68. The van der Waals surface area contributed by atoms with Crippen LogP contribution < -0.4 is 4.74 Å². The molecule has 0 radical (unpaired) electrons. The molecule has 0 amide bonds. The number of methoxy groups -OCH3 is 1. The normalized spacial score (nSPS) is 13.6. The quantitative estimate of drug-likeness (QED) is 0.698. The maximum atomic E-state index is 5.28. The molecule has 3 heteroatoms. The lowest BCUT2D eigenvalue weighted by molar-refractivity contribution is 0.414. The number of hydrogen-bond donors (Lipinski definition) is 0. The van der Waals surface area contributed by atoms with Crippen LogP contribution in [0.2, 0.25) is 0 Å². The summed E-state index contributed by atoms with van der Waals surface area (Å²) in [5.74, 6) is 0.868. The fourth-order valence-corrected chi connectivity index (χ4v) is 3.47. The van der Waals surface area contributed by atoms with Crippen LogP contribution in [0.15, 0.2) is 48.5 Å². The first kappa shape index (κ1) is 15.0. The predicted molar refractivity (Wildman–Crippen MR) is 96.9 cm³/mol.